The average Bonchev–Trinajstić information content (AvgIpc) is 4.09. The fourth-order valence-electron chi connectivity index (χ4n) is 10.7. The Bertz CT molecular complexity index is 3420. The van der Waals surface area contributed by atoms with Crippen molar-refractivity contribution in [1.82, 2.24) is 19.9 Å². The minimum Gasteiger partial charge on any atom is -0.354 e. The van der Waals surface area contributed by atoms with Crippen molar-refractivity contribution in [3.63, 3.8) is 0 Å². The van der Waals surface area contributed by atoms with Crippen LogP contribution in [0.15, 0.2) is 109 Å². The van der Waals surface area contributed by atoms with Gasteiger partial charge in [-0.25, -0.2) is 0 Å². The number of aryl methyl sites for hydroxylation is 9. The topological polar surface area (TPSA) is 98.7 Å². The van der Waals surface area contributed by atoms with E-state index in [9.17, 15) is 4.57 Å². The first-order valence-corrected chi connectivity index (χ1v) is 24.9. The standard InChI is InChI=1S/C58H61N4O3P/c1-12-64-66(63,65-13-2)32-42-14-16-43(17-15-42)55-44-18-20-46(59-44)56(52-36(6)26-33(3)27-37(52)7)48-22-24-50(61-48)58(54-40(10)30-35(5)31-41(54)11)51-25-23-49(62-51)57(47-21-19-45(55)60-47)53-38(8)28-34(4)29-39(53)9/h14-31,59-62H,12-13,32H2,1-11H3. The molecule has 0 radical (unpaired) electrons. The Morgan fingerprint density at radius 3 is 1.02 bits per heavy atom. The van der Waals surface area contributed by atoms with Gasteiger partial charge in [0.25, 0.3) is 0 Å². The lowest BCUT2D eigenvalue weighted by Crippen LogP contribution is -2.20. The third kappa shape index (κ3) is 8.37. The molecule has 0 amide bonds. The van der Waals surface area contributed by atoms with Gasteiger partial charge in [0, 0.05) is 66.5 Å². The first-order valence-electron chi connectivity index (χ1n) is 23.1. The molecule has 4 aromatic heterocycles. The zero-order chi connectivity index (χ0) is 46.6. The van der Waals surface area contributed by atoms with Crippen LogP contribution in [0.2, 0.25) is 0 Å². The maximum Gasteiger partial charge on any atom is 0.335 e. The zero-order valence-corrected chi connectivity index (χ0v) is 41.1. The molecule has 0 spiro atoms. The normalized spacial score (nSPS) is 13.0. The molecule has 8 bridgehead atoms. The van der Waals surface area contributed by atoms with Gasteiger partial charge in [-0.2, -0.15) is 0 Å². The summed E-state index contributed by atoms with van der Waals surface area (Å²) in [6.07, 6.45) is 0.198. The third-order valence-corrected chi connectivity index (χ3v) is 15.0. The van der Waals surface area contributed by atoms with E-state index < -0.39 is 7.60 Å². The Morgan fingerprint density at radius 1 is 0.394 bits per heavy atom. The molecule has 7 nitrogen and oxygen atoms in total. The monoisotopic (exact) mass is 892 g/mol. The van der Waals surface area contributed by atoms with Gasteiger partial charge < -0.3 is 29.0 Å². The summed E-state index contributed by atoms with van der Waals surface area (Å²) >= 11 is 0. The average molecular weight is 893 g/mol. The number of rotatable bonds is 10. The van der Waals surface area contributed by atoms with Crippen molar-refractivity contribution in [2.45, 2.75) is 82.3 Å². The summed E-state index contributed by atoms with van der Waals surface area (Å²) in [7, 11) is -3.30. The number of benzene rings is 4. The van der Waals surface area contributed by atoms with Crippen molar-refractivity contribution in [2.24, 2.45) is 0 Å². The highest BCUT2D eigenvalue weighted by atomic mass is 31.2. The molecule has 0 fully saturated rings. The van der Waals surface area contributed by atoms with Gasteiger partial charge in [-0.1, -0.05) is 77.4 Å². The second-order valence-electron chi connectivity index (χ2n) is 18.3. The van der Waals surface area contributed by atoms with Crippen molar-refractivity contribution in [1.29, 1.82) is 0 Å². The van der Waals surface area contributed by atoms with E-state index in [-0.39, 0.29) is 6.16 Å². The van der Waals surface area contributed by atoms with Crippen molar-refractivity contribution >= 4 is 29.9 Å². The lowest BCUT2D eigenvalue weighted by atomic mass is 9.91. The molecule has 5 heterocycles. The predicted octanol–water partition coefficient (Wildman–Crippen LogP) is 10.8. The lowest BCUT2D eigenvalue weighted by Gasteiger charge is -2.17. The molecule has 1 aliphatic rings. The van der Waals surface area contributed by atoms with Crippen molar-refractivity contribution < 1.29 is 13.6 Å². The summed E-state index contributed by atoms with van der Waals surface area (Å²) in [6, 6.07) is 39.8. The van der Waals surface area contributed by atoms with Gasteiger partial charge in [0.15, 0.2) is 0 Å². The van der Waals surface area contributed by atoms with E-state index >= 15 is 0 Å². The molecule has 9 rings (SSSR count). The zero-order valence-electron chi connectivity index (χ0n) is 40.2. The highest BCUT2D eigenvalue weighted by molar-refractivity contribution is 7.53. The Kier molecular flexibility index (Phi) is 12.1. The lowest BCUT2D eigenvalue weighted by molar-refractivity contribution is 0.219. The molecule has 8 heteroatoms. The second kappa shape index (κ2) is 17.8. The van der Waals surface area contributed by atoms with Gasteiger partial charge >= 0.3 is 7.60 Å². The predicted molar refractivity (Wildman–Crippen MR) is 271 cm³/mol. The van der Waals surface area contributed by atoms with E-state index in [2.05, 4.69) is 179 Å². The highest BCUT2D eigenvalue weighted by Gasteiger charge is 2.25. The van der Waals surface area contributed by atoms with Crippen LogP contribution in [0.5, 0.6) is 0 Å². The largest absolute Gasteiger partial charge is 0.354 e. The Morgan fingerprint density at radius 2 is 0.697 bits per heavy atom. The van der Waals surface area contributed by atoms with Gasteiger partial charge in [-0.15, -0.1) is 0 Å². The van der Waals surface area contributed by atoms with E-state index in [1.165, 1.54) is 66.8 Å². The molecule has 4 aromatic carbocycles. The van der Waals surface area contributed by atoms with E-state index in [1.54, 1.807) is 0 Å². The van der Waals surface area contributed by atoms with Gasteiger partial charge in [-0.05, 0) is 186 Å². The molecule has 0 saturated heterocycles. The van der Waals surface area contributed by atoms with Crippen LogP contribution < -0.4 is 21.4 Å². The molecular weight excluding hydrogens is 832 g/mol. The first kappa shape index (κ1) is 44.8. The van der Waals surface area contributed by atoms with Crippen LogP contribution in [-0.4, -0.2) is 33.1 Å². The highest BCUT2D eigenvalue weighted by Crippen LogP contribution is 2.51. The van der Waals surface area contributed by atoms with Crippen LogP contribution in [-0.2, 0) is 19.8 Å². The van der Waals surface area contributed by atoms with Crippen LogP contribution in [0.3, 0.4) is 0 Å². The van der Waals surface area contributed by atoms with E-state index in [4.69, 9.17) is 9.05 Å². The van der Waals surface area contributed by atoms with Crippen molar-refractivity contribution in [3.8, 4) is 0 Å². The molecular formula is C58H61N4O3P. The fraction of sp³-hybridized carbons (Fsp3) is 0.241. The van der Waals surface area contributed by atoms with Gasteiger partial charge in [0.2, 0.25) is 0 Å². The number of hydrogen-bond acceptors (Lipinski definition) is 3. The number of aromatic amines is 4. The number of nitrogens with one attached hydrogen (secondary N) is 4. The molecule has 1 aliphatic heterocycles. The smallest absolute Gasteiger partial charge is 0.335 e. The maximum atomic E-state index is 13.6. The third-order valence-electron chi connectivity index (χ3n) is 13.0. The number of fused-ring (bicyclic) bond motifs is 8. The quantitative estimate of drug-likeness (QED) is 0.103. The Labute approximate surface area is 388 Å². The molecule has 8 aromatic rings. The van der Waals surface area contributed by atoms with Crippen molar-refractivity contribution in [2.75, 3.05) is 13.2 Å². The van der Waals surface area contributed by atoms with Crippen LogP contribution in [0.25, 0.3) is 22.3 Å². The minimum atomic E-state index is -3.30. The summed E-state index contributed by atoms with van der Waals surface area (Å²) in [6.45, 7) is 24.1. The summed E-state index contributed by atoms with van der Waals surface area (Å²) in [4.78, 5) is 15.9. The van der Waals surface area contributed by atoms with Gasteiger partial charge in [-0.3, -0.25) is 4.57 Å². The molecule has 0 atom stereocenters. The van der Waals surface area contributed by atoms with Crippen LogP contribution >= 0.6 is 7.60 Å². The molecule has 66 heavy (non-hydrogen) atoms. The van der Waals surface area contributed by atoms with Crippen LogP contribution in [0.4, 0.5) is 0 Å². The van der Waals surface area contributed by atoms with Crippen LogP contribution in [0.1, 0.15) is 115 Å². The Hall–Kier alpha value is -6.37. The molecule has 4 N–H and O–H groups in total. The first-order chi connectivity index (χ1) is 31.6. The van der Waals surface area contributed by atoms with E-state index in [0.717, 1.165) is 77.6 Å². The Balaban J connectivity index is 1.41. The number of H-pyrrole nitrogens is 4. The van der Waals surface area contributed by atoms with Gasteiger partial charge in [0.1, 0.15) is 0 Å². The second-order valence-corrected chi connectivity index (χ2v) is 20.3. The number of hydrogen-bond donors (Lipinski definition) is 4. The summed E-state index contributed by atoms with van der Waals surface area (Å²) in [5, 5.41) is 4.01. The SMILES string of the molecule is CCOP(=O)(Cc1ccc(C2=c3ccc([nH]3)=C(c3c(C)cc(C)cc3C)c3ccc([nH]3)C(c3c(C)cc(C)cc3C)=c3ccc([nH]3)=C(c3c(C)cc(C)cc3C)c3ccc2[nH]3)cc1)OCC. The molecule has 0 aliphatic carbocycles. The molecule has 0 saturated carbocycles. The molecule has 0 unspecified atom stereocenters. The van der Waals surface area contributed by atoms with E-state index in [1.807, 2.05) is 26.0 Å². The minimum absolute atomic E-state index is 0.198. The maximum absolute atomic E-state index is 13.6. The summed E-state index contributed by atoms with van der Waals surface area (Å²) in [5.41, 5.74) is 24.9. The molecule has 336 valence electrons. The van der Waals surface area contributed by atoms with Gasteiger partial charge in [0.05, 0.1) is 19.4 Å². The summed E-state index contributed by atoms with van der Waals surface area (Å²) < 4.78 is 25.0. The fourth-order valence-corrected chi connectivity index (χ4v) is 12.4. The van der Waals surface area contributed by atoms with Crippen LogP contribution in [0, 0.1) is 62.3 Å². The van der Waals surface area contributed by atoms with E-state index in [0.29, 0.717) is 13.2 Å². The number of aromatic nitrogens is 4. The van der Waals surface area contributed by atoms with Crippen molar-refractivity contribution in [3.05, 3.63) is 231 Å². The summed E-state index contributed by atoms with van der Waals surface area (Å²) in [5.74, 6) is 0.